The van der Waals surface area contributed by atoms with E-state index in [-0.39, 0.29) is 37.2 Å². The van der Waals surface area contributed by atoms with Crippen LogP contribution in [0.25, 0.3) is 10.9 Å². The average molecular weight is 394 g/mol. The van der Waals surface area contributed by atoms with Crippen LogP contribution in [0.15, 0.2) is 47.6 Å². The molecule has 29 heavy (non-hydrogen) atoms. The normalized spacial score (nSPS) is 10.3. The van der Waals surface area contributed by atoms with Gasteiger partial charge in [0.2, 0.25) is 0 Å². The molecule has 0 spiro atoms. The van der Waals surface area contributed by atoms with E-state index >= 15 is 0 Å². The average Bonchev–Trinajstić information content (AvgIpc) is 3.07. The topological polar surface area (TPSA) is 34.4 Å². The first-order chi connectivity index (χ1) is 12.7. The fourth-order valence-corrected chi connectivity index (χ4v) is 2.89. The predicted molar refractivity (Wildman–Crippen MR) is 108 cm³/mol. The number of hydrogen-bond donors (Lipinski definition) is 0. The Balaban J connectivity index is 0.00000190. The quantitative estimate of drug-likeness (QED) is 0.372. The Morgan fingerprint density at radius 2 is 1.72 bits per heavy atom. The summed E-state index contributed by atoms with van der Waals surface area (Å²) >= 11 is 0. The van der Waals surface area contributed by atoms with E-state index in [9.17, 15) is 18.0 Å². The second kappa shape index (κ2) is 10.5. The van der Waals surface area contributed by atoms with Crippen molar-refractivity contribution < 1.29 is 36.8 Å². The van der Waals surface area contributed by atoms with Gasteiger partial charge < -0.3 is 19.3 Å². The smallest absolute Gasteiger partial charge is 0.459 e. The summed E-state index contributed by atoms with van der Waals surface area (Å²) in [7, 11) is 0. The second-order valence-corrected chi connectivity index (χ2v) is 5.81. The van der Waals surface area contributed by atoms with Gasteiger partial charge in [-0.1, -0.05) is 30.3 Å². The Labute approximate surface area is 181 Å². The summed E-state index contributed by atoms with van der Waals surface area (Å²) in [5.74, 6) is -0.404. The van der Waals surface area contributed by atoms with Crippen LogP contribution in [0, 0.1) is 28.2 Å². The molecule has 3 aromatic rings. The number of halogens is 3. The molecular weight excluding hydrogens is 372 g/mol. The van der Waals surface area contributed by atoms with Crippen LogP contribution in [0.5, 0.6) is 0 Å². The maximum Gasteiger partial charge on any atom is 1.00 e. The number of aliphatic imine (C=N–C) groups is 1. The van der Waals surface area contributed by atoms with Gasteiger partial charge in [0.1, 0.15) is 0 Å². The summed E-state index contributed by atoms with van der Waals surface area (Å²) in [4.78, 5) is 16.5. The zero-order valence-corrected chi connectivity index (χ0v) is 17.3. The molecule has 3 nitrogen and oxygen atoms in total. The van der Waals surface area contributed by atoms with Gasteiger partial charge in [-0.15, -0.1) is 11.6 Å². The van der Waals surface area contributed by atoms with Crippen LogP contribution >= 0.6 is 0 Å². The summed E-state index contributed by atoms with van der Waals surface area (Å²) in [6.07, 6.45) is -3.12. The first-order valence-corrected chi connectivity index (χ1v) is 8.19. The molecular formula is C22H22F3LiN2O-2. The molecule has 0 bridgehead atoms. The van der Waals surface area contributed by atoms with E-state index in [1.165, 1.54) is 29.0 Å². The SMILES string of the molecule is [CH-]=Nc1cc(C)c(C(=O)n2ccc3c(C(F)(F)F)cccc32)cc1C.[CH2-]C.[CH3-].[Li+]. The van der Waals surface area contributed by atoms with Crippen molar-refractivity contribution in [3.05, 3.63) is 79.2 Å². The first-order valence-electron chi connectivity index (χ1n) is 8.19. The van der Waals surface area contributed by atoms with Crippen LogP contribution in [0.1, 0.15) is 34.0 Å². The van der Waals surface area contributed by atoms with Gasteiger partial charge in [-0.05, 0) is 25.1 Å². The number of aryl methyl sites for hydroxylation is 2. The monoisotopic (exact) mass is 394 g/mol. The number of benzene rings is 2. The molecule has 3 rings (SSSR count). The van der Waals surface area contributed by atoms with Crippen LogP contribution in [-0.2, 0) is 6.18 Å². The van der Waals surface area contributed by atoms with E-state index < -0.39 is 17.6 Å². The van der Waals surface area contributed by atoms with Crippen LogP contribution in [0.2, 0.25) is 0 Å². The summed E-state index contributed by atoms with van der Waals surface area (Å²) in [6, 6.07) is 8.42. The van der Waals surface area contributed by atoms with Crippen molar-refractivity contribution in [1.82, 2.24) is 4.57 Å². The van der Waals surface area contributed by atoms with Gasteiger partial charge in [-0.2, -0.15) is 26.8 Å². The summed E-state index contributed by atoms with van der Waals surface area (Å²) < 4.78 is 40.6. The van der Waals surface area contributed by atoms with E-state index in [0.29, 0.717) is 22.4 Å². The third-order valence-electron chi connectivity index (χ3n) is 4.17. The molecule has 0 aliphatic carbocycles. The van der Waals surface area contributed by atoms with Crippen molar-refractivity contribution >= 4 is 29.2 Å². The van der Waals surface area contributed by atoms with Gasteiger partial charge in [0, 0.05) is 17.1 Å². The molecule has 0 aliphatic rings. The molecule has 0 radical (unpaired) electrons. The van der Waals surface area contributed by atoms with Gasteiger partial charge in [0.25, 0.3) is 5.91 Å². The summed E-state index contributed by atoms with van der Waals surface area (Å²) in [5.41, 5.74) is 1.76. The standard InChI is InChI=1S/C19H14F3N2O.C2H5.CH3.Li/c1-11-10-16(23-3)12(2)9-14(11)18(25)24-8-7-13-15(19(20,21)22)5-4-6-17(13)24;1-2;;/h3-10H,1-2H3;1H2,2H3;1H3;/q3*-1;+1. The van der Waals surface area contributed by atoms with Crippen molar-refractivity contribution in [2.24, 2.45) is 4.99 Å². The largest absolute Gasteiger partial charge is 1.00 e. The summed E-state index contributed by atoms with van der Waals surface area (Å²) in [6.45, 7) is 13.8. The maximum absolute atomic E-state index is 13.1. The Bertz CT molecular complexity index is 1010. The Hall–Kier alpha value is -2.29. The van der Waals surface area contributed by atoms with Crippen molar-refractivity contribution in [1.29, 1.82) is 0 Å². The Kier molecular flexibility index (Phi) is 9.65. The number of hydrogen-bond acceptors (Lipinski definition) is 2. The van der Waals surface area contributed by atoms with E-state index in [4.69, 9.17) is 6.72 Å². The molecule has 0 fully saturated rings. The molecule has 2 aromatic carbocycles. The molecule has 0 unspecified atom stereocenters. The summed E-state index contributed by atoms with van der Waals surface area (Å²) in [5, 5.41) is -0.00805. The van der Waals surface area contributed by atoms with Gasteiger partial charge >= 0.3 is 25.0 Å². The zero-order chi connectivity index (χ0) is 20.4. The number of nitrogens with zero attached hydrogens (tertiary/aromatic N) is 2. The van der Waals surface area contributed by atoms with Crippen LogP contribution in [0.4, 0.5) is 18.9 Å². The number of alkyl halides is 3. The number of rotatable bonds is 2. The second-order valence-electron chi connectivity index (χ2n) is 5.81. The Morgan fingerprint density at radius 1 is 1.10 bits per heavy atom. The van der Waals surface area contributed by atoms with E-state index in [1.54, 1.807) is 32.9 Å². The van der Waals surface area contributed by atoms with Gasteiger partial charge in [-0.3, -0.25) is 9.36 Å². The minimum Gasteiger partial charge on any atom is -0.459 e. The third kappa shape index (κ3) is 5.20. The molecule has 0 amide bonds. The van der Waals surface area contributed by atoms with E-state index in [2.05, 4.69) is 11.9 Å². The fraction of sp³-hybridized carbons (Fsp3) is 0.182. The zero-order valence-electron chi connectivity index (χ0n) is 17.3. The van der Waals surface area contributed by atoms with Gasteiger partial charge in [0.05, 0.1) is 11.1 Å². The molecule has 150 valence electrons. The molecule has 0 aliphatic heterocycles. The van der Waals surface area contributed by atoms with E-state index in [0.717, 1.165) is 6.07 Å². The minimum absolute atomic E-state index is 0. The van der Waals surface area contributed by atoms with Crippen molar-refractivity contribution in [3.8, 4) is 0 Å². The van der Waals surface area contributed by atoms with Crippen LogP contribution < -0.4 is 18.9 Å². The van der Waals surface area contributed by atoms with Crippen LogP contribution in [0.3, 0.4) is 0 Å². The maximum atomic E-state index is 13.1. The van der Waals surface area contributed by atoms with Crippen molar-refractivity contribution in [2.75, 3.05) is 0 Å². The molecule has 1 aromatic heterocycles. The number of aromatic nitrogens is 1. The third-order valence-corrected chi connectivity index (χ3v) is 4.17. The minimum atomic E-state index is -4.48. The number of carbonyl (C=O) groups is 1. The fourth-order valence-electron chi connectivity index (χ4n) is 2.89. The van der Waals surface area contributed by atoms with Crippen molar-refractivity contribution in [3.63, 3.8) is 0 Å². The van der Waals surface area contributed by atoms with Crippen molar-refractivity contribution in [2.45, 2.75) is 26.9 Å². The number of fused-ring (bicyclic) bond motifs is 1. The molecule has 1 heterocycles. The molecule has 0 N–H and O–H groups in total. The Morgan fingerprint density at radius 3 is 2.28 bits per heavy atom. The first kappa shape index (κ1) is 26.7. The number of carbonyl (C=O) groups excluding carboxylic acids is 1. The molecule has 0 atom stereocenters. The predicted octanol–water partition coefficient (Wildman–Crippen LogP) is 3.47. The van der Waals surface area contributed by atoms with Crippen LogP contribution in [-0.4, -0.2) is 17.2 Å². The molecule has 7 heteroatoms. The van der Waals surface area contributed by atoms with Gasteiger partial charge in [0.15, 0.2) is 0 Å². The van der Waals surface area contributed by atoms with E-state index in [1.807, 2.05) is 0 Å². The molecule has 0 saturated carbocycles. The molecule has 0 saturated heterocycles. The van der Waals surface area contributed by atoms with Gasteiger partial charge in [-0.25, -0.2) is 0 Å².